The third-order valence-electron chi connectivity index (χ3n) is 6.03. The summed E-state index contributed by atoms with van der Waals surface area (Å²) in [6, 6.07) is 6.25. The van der Waals surface area contributed by atoms with Gasteiger partial charge in [-0.25, -0.2) is 0 Å². The third-order valence-corrected chi connectivity index (χ3v) is 6.03. The van der Waals surface area contributed by atoms with E-state index in [1.54, 1.807) is 0 Å². The highest BCUT2D eigenvalue weighted by Crippen LogP contribution is 2.30. The number of nitrogens with zero attached hydrogens (tertiary/aromatic N) is 1. The predicted molar refractivity (Wildman–Crippen MR) is 104 cm³/mol. The van der Waals surface area contributed by atoms with Crippen molar-refractivity contribution < 1.29 is 14.3 Å². The fourth-order valence-corrected chi connectivity index (χ4v) is 4.44. The Kier molecular flexibility index (Phi) is 5.58. The molecule has 1 aromatic rings. The minimum atomic E-state index is -0.304. The van der Waals surface area contributed by atoms with Gasteiger partial charge in [-0.3, -0.25) is 9.59 Å². The molecule has 1 fully saturated rings. The number of fused-ring (bicyclic) bond motifs is 1. The van der Waals surface area contributed by atoms with Crippen LogP contribution in [-0.2, 0) is 27.2 Å². The molecule has 1 N–H and O–H groups in total. The van der Waals surface area contributed by atoms with Crippen molar-refractivity contribution in [2.24, 2.45) is 11.8 Å². The van der Waals surface area contributed by atoms with Crippen LogP contribution in [0.4, 0.5) is 5.69 Å². The maximum atomic E-state index is 13.0. The van der Waals surface area contributed by atoms with E-state index in [1.165, 1.54) is 24.0 Å². The molecule has 1 heterocycles. The van der Waals surface area contributed by atoms with Gasteiger partial charge in [-0.2, -0.15) is 0 Å². The molecule has 0 spiro atoms. The summed E-state index contributed by atoms with van der Waals surface area (Å²) in [5.41, 5.74) is 3.61. The van der Waals surface area contributed by atoms with Gasteiger partial charge in [0.15, 0.2) is 0 Å². The van der Waals surface area contributed by atoms with E-state index < -0.39 is 0 Å². The highest BCUT2D eigenvalue weighted by molar-refractivity contribution is 5.96. The number of benzene rings is 1. The molecule has 0 bridgehead atoms. The molecule has 5 nitrogen and oxygen atoms in total. The third kappa shape index (κ3) is 4.08. The van der Waals surface area contributed by atoms with Crippen molar-refractivity contribution in [3.8, 4) is 0 Å². The van der Waals surface area contributed by atoms with Crippen molar-refractivity contribution in [3.05, 3.63) is 41.5 Å². The van der Waals surface area contributed by atoms with Gasteiger partial charge in [0.25, 0.3) is 0 Å². The van der Waals surface area contributed by atoms with Crippen molar-refractivity contribution >= 4 is 17.5 Å². The van der Waals surface area contributed by atoms with E-state index >= 15 is 0 Å². The number of amides is 2. The summed E-state index contributed by atoms with van der Waals surface area (Å²) in [6.45, 7) is 2.41. The zero-order valence-electron chi connectivity index (χ0n) is 15.8. The van der Waals surface area contributed by atoms with E-state index in [2.05, 4.69) is 17.4 Å². The second-order valence-electron chi connectivity index (χ2n) is 7.77. The molecule has 2 aliphatic carbocycles. The van der Waals surface area contributed by atoms with Crippen molar-refractivity contribution in [1.29, 1.82) is 0 Å². The Bertz CT molecular complexity index is 737. The average molecular weight is 368 g/mol. The number of hydrogen-bond acceptors (Lipinski definition) is 3. The lowest BCUT2D eigenvalue weighted by molar-refractivity contribution is -0.144. The number of rotatable bonds is 3. The zero-order valence-corrected chi connectivity index (χ0v) is 15.8. The number of nitrogens with one attached hydrogen (secondary N) is 1. The van der Waals surface area contributed by atoms with Crippen LogP contribution < -0.4 is 5.32 Å². The second kappa shape index (κ2) is 8.26. The summed E-state index contributed by atoms with van der Waals surface area (Å²) in [4.78, 5) is 27.8. The fraction of sp³-hybridized carbons (Fsp3) is 0.545. The van der Waals surface area contributed by atoms with E-state index in [0.29, 0.717) is 39.1 Å². The standard InChI is InChI=1S/C22H28N2O3/c25-21(23-18-10-9-16-5-1-2-6-17(16)15-18)19-7-3-4-8-20(19)22(26)24-11-13-27-14-12-24/h3-4,9-10,15,19-20H,1-2,5-8,11-14H2,(H,23,25). The van der Waals surface area contributed by atoms with Gasteiger partial charge in [0.2, 0.25) is 11.8 Å². The molecule has 27 heavy (non-hydrogen) atoms. The monoisotopic (exact) mass is 368 g/mol. The molecular formula is C22H28N2O3. The number of anilines is 1. The van der Waals surface area contributed by atoms with E-state index in [0.717, 1.165) is 18.5 Å². The Morgan fingerprint density at radius 1 is 0.963 bits per heavy atom. The molecule has 2 unspecified atom stereocenters. The summed E-state index contributed by atoms with van der Waals surface area (Å²) in [7, 11) is 0. The molecule has 0 radical (unpaired) electrons. The Labute approximate surface area is 160 Å². The van der Waals surface area contributed by atoms with E-state index in [9.17, 15) is 9.59 Å². The lowest BCUT2D eigenvalue weighted by Crippen LogP contribution is -2.47. The van der Waals surface area contributed by atoms with Crippen LogP contribution in [0.2, 0.25) is 0 Å². The maximum absolute atomic E-state index is 13.0. The summed E-state index contributed by atoms with van der Waals surface area (Å²) in [6.07, 6.45) is 10.0. The summed E-state index contributed by atoms with van der Waals surface area (Å²) < 4.78 is 5.35. The molecule has 2 amide bonds. The van der Waals surface area contributed by atoms with E-state index in [-0.39, 0.29) is 23.7 Å². The molecule has 5 heteroatoms. The molecule has 3 aliphatic rings. The molecule has 1 aromatic carbocycles. The highest BCUT2D eigenvalue weighted by Gasteiger charge is 2.36. The van der Waals surface area contributed by atoms with Crippen LogP contribution in [0.1, 0.15) is 36.8 Å². The van der Waals surface area contributed by atoms with Crippen LogP contribution in [0, 0.1) is 11.8 Å². The summed E-state index contributed by atoms with van der Waals surface area (Å²) in [5, 5.41) is 3.08. The smallest absolute Gasteiger partial charge is 0.228 e. The molecule has 1 aliphatic heterocycles. The number of ether oxygens (including phenoxy) is 1. The normalized spacial score (nSPS) is 25.0. The number of carbonyl (C=O) groups is 2. The first kappa shape index (κ1) is 18.2. The first-order chi connectivity index (χ1) is 13.2. The van der Waals surface area contributed by atoms with Crippen LogP contribution in [-0.4, -0.2) is 43.0 Å². The minimum Gasteiger partial charge on any atom is -0.378 e. The van der Waals surface area contributed by atoms with Gasteiger partial charge in [-0.05, 0) is 61.8 Å². The molecular weight excluding hydrogens is 340 g/mol. The van der Waals surface area contributed by atoms with Crippen LogP contribution in [0.15, 0.2) is 30.4 Å². The van der Waals surface area contributed by atoms with Gasteiger partial charge in [-0.15, -0.1) is 0 Å². The molecule has 2 atom stereocenters. The van der Waals surface area contributed by atoms with Gasteiger partial charge in [0.1, 0.15) is 0 Å². The van der Waals surface area contributed by atoms with Crippen molar-refractivity contribution in [1.82, 2.24) is 4.90 Å². The number of allylic oxidation sites excluding steroid dienone is 2. The van der Waals surface area contributed by atoms with Crippen molar-refractivity contribution in [3.63, 3.8) is 0 Å². The van der Waals surface area contributed by atoms with Gasteiger partial charge in [0, 0.05) is 18.8 Å². The second-order valence-corrected chi connectivity index (χ2v) is 7.77. The lowest BCUT2D eigenvalue weighted by atomic mass is 9.81. The SMILES string of the molecule is O=C(Nc1ccc2c(c1)CCCC2)C1CC=CCC1C(=O)N1CCOCC1. The van der Waals surface area contributed by atoms with Gasteiger partial charge < -0.3 is 15.0 Å². The van der Waals surface area contributed by atoms with Gasteiger partial charge >= 0.3 is 0 Å². The first-order valence-corrected chi connectivity index (χ1v) is 10.2. The Balaban J connectivity index is 1.46. The van der Waals surface area contributed by atoms with Crippen molar-refractivity contribution in [2.45, 2.75) is 38.5 Å². The molecule has 144 valence electrons. The fourth-order valence-electron chi connectivity index (χ4n) is 4.44. The number of morpholine rings is 1. The van der Waals surface area contributed by atoms with Crippen LogP contribution in [0.3, 0.4) is 0 Å². The lowest BCUT2D eigenvalue weighted by Gasteiger charge is -2.34. The van der Waals surface area contributed by atoms with Crippen molar-refractivity contribution in [2.75, 3.05) is 31.6 Å². The topological polar surface area (TPSA) is 58.6 Å². The number of carbonyl (C=O) groups excluding carboxylic acids is 2. The molecule has 4 rings (SSSR count). The van der Waals surface area contributed by atoms with Crippen LogP contribution in [0.5, 0.6) is 0 Å². The number of hydrogen-bond donors (Lipinski definition) is 1. The first-order valence-electron chi connectivity index (χ1n) is 10.2. The van der Waals surface area contributed by atoms with Crippen LogP contribution >= 0.6 is 0 Å². The van der Waals surface area contributed by atoms with Gasteiger partial charge in [-0.1, -0.05) is 18.2 Å². The molecule has 1 saturated heterocycles. The van der Waals surface area contributed by atoms with E-state index in [4.69, 9.17) is 4.74 Å². The zero-order chi connectivity index (χ0) is 18.6. The predicted octanol–water partition coefficient (Wildman–Crippen LogP) is 2.95. The molecule has 0 aromatic heterocycles. The van der Waals surface area contributed by atoms with Gasteiger partial charge in [0.05, 0.1) is 25.0 Å². The Morgan fingerprint density at radius 3 is 2.44 bits per heavy atom. The Hall–Kier alpha value is -2.14. The number of aryl methyl sites for hydroxylation is 2. The quantitative estimate of drug-likeness (QED) is 0.835. The average Bonchev–Trinajstić information content (AvgIpc) is 2.73. The Morgan fingerprint density at radius 2 is 1.67 bits per heavy atom. The van der Waals surface area contributed by atoms with Crippen LogP contribution in [0.25, 0.3) is 0 Å². The highest BCUT2D eigenvalue weighted by atomic mass is 16.5. The molecule has 0 saturated carbocycles. The summed E-state index contributed by atoms with van der Waals surface area (Å²) in [5.74, 6) is -0.526. The minimum absolute atomic E-state index is 0.0401. The summed E-state index contributed by atoms with van der Waals surface area (Å²) >= 11 is 0. The maximum Gasteiger partial charge on any atom is 0.228 e. The van der Waals surface area contributed by atoms with E-state index in [1.807, 2.05) is 23.1 Å². The largest absolute Gasteiger partial charge is 0.378 e.